The molecule has 5 heteroatoms. The van der Waals surface area contributed by atoms with Gasteiger partial charge in [-0.25, -0.2) is 8.42 Å². The van der Waals surface area contributed by atoms with Crippen LogP contribution in [0.1, 0.15) is 40.5 Å². The molecular formula is C14H28N2O2S. The normalized spacial score (nSPS) is 12.8. The van der Waals surface area contributed by atoms with E-state index in [1.165, 1.54) is 15.5 Å². The highest BCUT2D eigenvalue weighted by atomic mass is 32.2. The maximum atomic E-state index is 11.8. The Kier molecular flexibility index (Phi) is 8.97. The molecule has 0 aromatic rings. The van der Waals surface area contributed by atoms with Gasteiger partial charge in [0.1, 0.15) is 0 Å². The van der Waals surface area contributed by atoms with Gasteiger partial charge in [0.25, 0.3) is 0 Å². The van der Waals surface area contributed by atoms with Gasteiger partial charge in [-0.05, 0) is 40.5 Å². The third-order valence-electron chi connectivity index (χ3n) is 2.87. The molecule has 112 valence electrons. The lowest BCUT2D eigenvalue weighted by atomic mass is 10.1. The quantitative estimate of drug-likeness (QED) is 0.662. The smallest absolute Gasteiger partial charge is 0.214 e. The van der Waals surface area contributed by atoms with Crippen molar-refractivity contribution in [2.24, 2.45) is 5.73 Å². The molecule has 4 nitrogen and oxygen atoms in total. The Labute approximate surface area is 118 Å². The first-order valence-electron chi connectivity index (χ1n) is 6.80. The predicted molar refractivity (Wildman–Crippen MR) is 82.5 cm³/mol. The number of rotatable bonds is 9. The van der Waals surface area contributed by atoms with Gasteiger partial charge < -0.3 is 5.73 Å². The lowest BCUT2D eigenvalue weighted by Crippen LogP contribution is -2.36. The molecule has 19 heavy (non-hydrogen) atoms. The summed E-state index contributed by atoms with van der Waals surface area (Å²) < 4.78 is 25.1. The first kappa shape index (κ1) is 18.4. The van der Waals surface area contributed by atoms with Crippen LogP contribution in [0.4, 0.5) is 0 Å². The number of nitrogens with zero attached hydrogens (tertiary/aromatic N) is 1. The van der Waals surface area contributed by atoms with E-state index in [-0.39, 0.29) is 5.75 Å². The number of sulfonamides is 1. The molecule has 2 N–H and O–H groups in total. The zero-order valence-electron chi connectivity index (χ0n) is 12.6. The van der Waals surface area contributed by atoms with Crippen molar-refractivity contribution in [3.8, 4) is 0 Å². The standard InChI is InChI=1S/C14H28N2O2S/c1-5-19(17,18)16(12-10-15)11-9-14(4)8-6-7-13(2)3/h7,9H,5-6,8,10-12,15H2,1-4H3. The Balaban J connectivity index is 4.49. The van der Waals surface area contributed by atoms with Crippen LogP contribution < -0.4 is 5.73 Å². The molecule has 0 atom stereocenters. The molecule has 0 bridgehead atoms. The first-order valence-corrected chi connectivity index (χ1v) is 8.41. The summed E-state index contributed by atoms with van der Waals surface area (Å²) in [4.78, 5) is 0. The van der Waals surface area contributed by atoms with Crippen LogP contribution in [0.25, 0.3) is 0 Å². The summed E-state index contributed by atoms with van der Waals surface area (Å²) in [5.41, 5.74) is 7.99. The maximum Gasteiger partial charge on any atom is 0.214 e. The molecule has 0 fully saturated rings. The molecule has 0 aromatic carbocycles. The molecule has 0 aliphatic rings. The third kappa shape index (κ3) is 8.18. The zero-order chi connectivity index (χ0) is 14.9. The average Bonchev–Trinajstić information content (AvgIpc) is 2.33. The van der Waals surface area contributed by atoms with Gasteiger partial charge in [-0.15, -0.1) is 0 Å². The molecule has 0 rings (SSSR count). The first-order chi connectivity index (χ1) is 8.83. The van der Waals surface area contributed by atoms with Crippen molar-refractivity contribution in [2.45, 2.75) is 40.5 Å². The molecule has 0 aromatic heterocycles. The van der Waals surface area contributed by atoms with Gasteiger partial charge in [-0.3, -0.25) is 0 Å². The van der Waals surface area contributed by atoms with Gasteiger partial charge in [0.15, 0.2) is 0 Å². The zero-order valence-corrected chi connectivity index (χ0v) is 13.5. The molecule has 0 amide bonds. The van der Waals surface area contributed by atoms with Crippen LogP contribution in [0.3, 0.4) is 0 Å². The Morgan fingerprint density at radius 2 is 1.84 bits per heavy atom. The van der Waals surface area contributed by atoms with E-state index in [9.17, 15) is 8.42 Å². The fraction of sp³-hybridized carbons (Fsp3) is 0.714. The predicted octanol–water partition coefficient (Wildman–Crippen LogP) is 2.29. The van der Waals surface area contributed by atoms with E-state index in [1.54, 1.807) is 6.92 Å². The molecule has 0 radical (unpaired) electrons. The number of hydrogen-bond acceptors (Lipinski definition) is 3. The highest BCUT2D eigenvalue weighted by molar-refractivity contribution is 7.89. The van der Waals surface area contributed by atoms with E-state index < -0.39 is 10.0 Å². The largest absolute Gasteiger partial charge is 0.329 e. The van der Waals surface area contributed by atoms with E-state index in [1.807, 2.05) is 13.0 Å². The average molecular weight is 288 g/mol. The second-order valence-electron chi connectivity index (χ2n) is 4.92. The fourth-order valence-corrected chi connectivity index (χ4v) is 2.67. The van der Waals surface area contributed by atoms with Crippen LogP contribution in [-0.2, 0) is 10.0 Å². The minimum Gasteiger partial charge on any atom is -0.329 e. The molecular weight excluding hydrogens is 260 g/mol. The summed E-state index contributed by atoms with van der Waals surface area (Å²) in [5.74, 6) is 0.123. The molecule has 0 heterocycles. The van der Waals surface area contributed by atoms with Crippen molar-refractivity contribution >= 4 is 10.0 Å². The minimum atomic E-state index is -3.16. The number of hydrogen-bond donors (Lipinski definition) is 1. The van der Waals surface area contributed by atoms with E-state index in [0.29, 0.717) is 19.6 Å². The third-order valence-corrected chi connectivity index (χ3v) is 4.72. The van der Waals surface area contributed by atoms with Gasteiger partial charge >= 0.3 is 0 Å². The second-order valence-corrected chi connectivity index (χ2v) is 7.18. The van der Waals surface area contributed by atoms with Crippen LogP contribution in [-0.4, -0.2) is 38.1 Å². The summed E-state index contributed by atoms with van der Waals surface area (Å²) in [7, 11) is -3.16. The second kappa shape index (κ2) is 9.28. The topological polar surface area (TPSA) is 63.4 Å². The van der Waals surface area contributed by atoms with Crippen LogP contribution in [0, 0.1) is 0 Å². The monoisotopic (exact) mass is 288 g/mol. The molecule has 0 saturated carbocycles. The lowest BCUT2D eigenvalue weighted by Gasteiger charge is -2.19. The summed E-state index contributed by atoms with van der Waals surface area (Å²) in [6.07, 6.45) is 6.15. The highest BCUT2D eigenvalue weighted by Crippen LogP contribution is 2.08. The van der Waals surface area contributed by atoms with Crippen LogP contribution in [0.15, 0.2) is 23.3 Å². The Morgan fingerprint density at radius 3 is 2.32 bits per heavy atom. The van der Waals surface area contributed by atoms with Crippen molar-refractivity contribution in [2.75, 3.05) is 25.4 Å². The molecule has 0 aliphatic heterocycles. The van der Waals surface area contributed by atoms with Gasteiger partial charge in [0.05, 0.1) is 5.75 Å². The van der Waals surface area contributed by atoms with Crippen LogP contribution >= 0.6 is 0 Å². The fourth-order valence-electron chi connectivity index (χ4n) is 1.62. The summed E-state index contributed by atoms with van der Waals surface area (Å²) in [5, 5.41) is 0. The maximum absolute atomic E-state index is 11.8. The Hall–Kier alpha value is -0.650. The Bertz CT molecular complexity index is 407. The van der Waals surface area contributed by atoms with Gasteiger partial charge in [-0.1, -0.05) is 23.3 Å². The van der Waals surface area contributed by atoms with Crippen molar-refractivity contribution in [3.63, 3.8) is 0 Å². The SMILES string of the molecule is CCS(=O)(=O)N(CC=C(C)CCC=C(C)C)CCN. The van der Waals surface area contributed by atoms with Crippen LogP contribution in [0.5, 0.6) is 0 Å². The van der Waals surface area contributed by atoms with E-state index in [2.05, 4.69) is 19.9 Å². The van der Waals surface area contributed by atoms with Gasteiger partial charge in [-0.2, -0.15) is 4.31 Å². The van der Waals surface area contributed by atoms with E-state index in [4.69, 9.17) is 5.73 Å². The number of allylic oxidation sites excluding steroid dienone is 3. The number of nitrogens with two attached hydrogens (primary N) is 1. The minimum absolute atomic E-state index is 0.123. The molecule has 0 spiro atoms. The van der Waals surface area contributed by atoms with Crippen molar-refractivity contribution < 1.29 is 8.42 Å². The highest BCUT2D eigenvalue weighted by Gasteiger charge is 2.17. The Morgan fingerprint density at radius 1 is 1.21 bits per heavy atom. The summed E-state index contributed by atoms with van der Waals surface area (Å²) in [6.45, 7) is 9.01. The van der Waals surface area contributed by atoms with Crippen molar-refractivity contribution in [3.05, 3.63) is 23.3 Å². The molecule has 0 aliphatic carbocycles. The van der Waals surface area contributed by atoms with Gasteiger partial charge in [0.2, 0.25) is 10.0 Å². The lowest BCUT2D eigenvalue weighted by molar-refractivity contribution is 0.450. The van der Waals surface area contributed by atoms with Crippen molar-refractivity contribution in [1.82, 2.24) is 4.31 Å². The molecule has 0 unspecified atom stereocenters. The van der Waals surface area contributed by atoms with Gasteiger partial charge in [0, 0.05) is 19.6 Å². The van der Waals surface area contributed by atoms with Crippen LogP contribution in [0.2, 0.25) is 0 Å². The summed E-state index contributed by atoms with van der Waals surface area (Å²) in [6, 6.07) is 0. The van der Waals surface area contributed by atoms with Crippen molar-refractivity contribution in [1.29, 1.82) is 0 Å². The van der Waals surface area contributed by atoms with E-state index >= 15 is 0 Å². The molecule has 0 saturated heterocycles. The van der Waals surface area contributed by atoms with E-state index in [0.717, 1.165) is 12.8 Å². The summed E-state index contributed by atoms with van der Waals surface area (Å²) >= 11 is 0.